The predicted octanol–water partition coefficient (Wildman–Crippen LogP) is 3.08. The lowest BCUT2D eigenvalue weighted by atomic mass is 10.2. The van der Waals surface area contributed by atoms with Crippen molar-refractivity contribution >= 4 is 23.5 Å². The number of carbonyl (C=O) groups excluding carboxylic acids is 1. The SMILES string of the molecule is C[Si](/C=C/CNC(=O)OC(C)(C)C)O[Si](C)(C)C. The normalized spacial score (nSPS) is 13.1. The van der Waals surface area contributed by atoms with Crippen molar-refractivity contribution in [3.63, 3.8) is 0 Å². The predicted molar refractivity (Wildman–Crippen MR) is 79.4 cm³/mol. The summed E-state index contributed by atoms with van der Waals surface area (Å²) in [6.45, 7) is 14.6. The fraction of sp³-hybridized carbons (Fsp3) is 0.750. The molecule has 0 aromatic rings. The summed E-state index contributed by atoms with van der Waals surface area (Å²) in [5.41, 5.74) is 1.61. The van der Waals surface area contributed by atoms with Gasteiger partial charge in [0.2, 0.25) is 9.04 Å². The molecule has 0 rings (SSSR count). The molecule has 1 radical (unpaired) electrons. The van der Waals surface area contributed by atoms with Crippen molar-refractivity contribution < 1.29 is 13.6 Å². The molecule has 0 aliphatic heterocycles. The van der Waals surface area contributed by atoms with Crippen LogP contribution in [0.1, 0.15) is 20.8 Å². The van der Waals surface area contributed by atoms with E-state index in [1.165, 1.54) is 0 Å². The zero-order valence-corrected chi connectivity index (χ0v) is 14.6. The van der Waals surface area contributed by atoms with E-state index < -0.39 is 23.0 Å². The minimum atomic E-state index is -1.45. The average molecular weight is 289 g/mol. The molecule has 0 heterocycles. The van der Waals surface area contributed by atoms with Gasteiger partial charge in [0.05, 0.1) is 0 Å². The van der Waals surface area contributed by atoms with Crippen molar-refractivity contribution in [3.05, 3.63) is 11.8 Å². The molecule has 105 valence electrons. The van der Waals surface area contributed by atoms with Crippen molar-refractivity contribution in [2.45, 2.75) is 52.6 Å². The Hall–Kier alpha value is -0.596. The van der Waals surface area contributed by atoms with Crippen LogP contribution in [0.2, 0.25) is 26.2 Å². The molecule has 0 aromatic heterocycles. The van der Waals surface area contributed by atoms with E-state index in [9.17, 15) is 4.79 Å². The summed E-state index contributed by atoms with van der Waals surface area (Å²) in [4.78, 5) is 11.3. The van der Waals surface area contributed by atoms with Crippen LogP contribution in [0.15, 0.2) is 11.8 Å². The number of hydrogen-bond donors (Lipinski definition) is 1. The number of rotatable bonds is 5. The summed E-state index contributed by atoms with van der Waals surface area (Å²) in [6.07, 6.45) is 1.54. The maximum absolute atomic E-state index is 11.3. The first-order valence-corrected chi connectivity index (χ1v) is 11.5. The number of hydrogen-bond acceptors (Lipinski definition) is 3. The highest BCUT2D eigenvalue weighted by Gasteiger charge is 2.17. The Kier molecular flexibility index (Phi) is 6.87. The van der Waals surface area contributed by atoms with Gasteiger partial charge in [0.15, 0.2) is 8.32 Å². The minimum absolute atomic E-state index is 0.386. The molecule has 0 fully saturated rings. The minimum Gasteiger partial charge on any atom is -0.453 e. The standard InChI is InChI=1S/C12H26NO3Si2/c1-12(2,3)15-11(14)13-9-8-10-17(4)16-18(5,6)7/h8,10H,9H2,1-7H3,(H,13,14)/b10-8+. The average Bonchev–Trinajstić information content (AvgIpc) is 2.06. The van der Waals surface area contributed by atoms with Crippen LogP contribution in [0.25, 0.3) is 0 Å². The molecule has 0 saturated heterocycles. The first-order valence-electron chi connectivity index (χ1n) is 6.15. The van der Waals surface area contributed by atoms with E-state index in [1.807, 2.05) is 26.8 Å². The van der Waals surface area contributed by atoms with Gasteiger partial charge in [-0.15, -0.1) is 0 Å². The molecule has 0 saturated carbocycles. The van der Waals surface area contributed by atoms with Gasteiger partial charge in [-0.1, -0.05) is 11.8 Å². The first-order chi connectivity index (χ1) is 7.99. The lowest BCUT2D eigenvalue weighted by molar-refractivity contribution is 0.0534. The van der Waals surface area contributed by atoms with Crippen LogP contribution in [0, 0.1) is 0 Å². The Morgan fingerprint density at radius 2 is 1.89 bits per heavy atom. The maximum atomic E-state index is 11.3. The third-order valence-electron chi connectivity index (χ3n) is 1.58. The van der Waals surface area contributed by atoms with E-state index in [1.54, 1.807) is 0 Å². The van der Waals surface area contributed by atoms with E-state index in [2.05, 4.69) is 37.2 Å². The van der Waals surface area contributed by atoms with Crippen LogP contribution >= 0.6 is 0 Å². The monoisotopic (exact) mass is 288 g/mol. The van der Waals surface area contributed by atoms with Gasteiger partial charge in [-0.25, -0.2) is 4.79 Å². The van der Waals surface area contributed by atoms with E-state index >= 15 is 0 Å². The van der Waals surface area contributed by atoms with Crippen LogP contribution in [-0.2, 0) is 8.85 Å². The summed E-state index contributed by atoms with van der Waals surface area (Å²) in [7, 11) is -2.34. The highest BCUT2D eigenvalue weighted by molar-refractivity contribution is 6.78. The number of alkyl carbamates (subject to hydrolysis) is 1. The second-order valence-electron chi connectivity index (χ2n) is 6.11. The van der Waals surface area contributed by atoms with E-state index in [0.717, 1.165) is 0 Å². The molecule has 0 bridgehead atoms. The third-order valence-corrected chi connectivity index (χ3v) is 6.03. The Morgan fingerprint density at radius 3 is 2.33 bits per heavy atom. The highest BCUT2D eigenvalue weighted by atomic mass is 28.4. The molecule has 0 aliphatic rings. The smallest absolute Gasteiger partial charge is 0.407 e. The van der Waals surface area contributed by atoms with Gasteiger partial charge < -0.3 is 14.2 Å². The third kappa shape index (κ3) is 11.9. The summed E-state index contributed by atoms with van der Waals surface area (Å²) in [6, 6.07) is 0. The fourth-order valence-electron chi connectivity index (χ4n) is 1.20. The molecule has 6 heteroatoms. The number of amides is 1. The van der Waals surface area contributed by atoms with Crippen LogP contribution in [0.4, 0.5) is 4.79 Å². The second-order valence-corrected chi connectivity index (χ2v) is 12.7. The lowest BCUT2D eigenvalue weighted by Gasteiger charge is -2.20. The molecule has 1 amide bonds. The van der Waals surface area contributed by atoms with Gasteiger partial charge in [0.1, 0.15) is 5.60 Å². The molecular formula is C12H26NO3Si2. The highest BCUT2D eigenvalue weighted by Crippen LogP contribution is 2.06. The first kappa shape index (κ1) is 17.4. The second kappa shape index (κ2) is 7.11. The van der Waals surface area contributed by atoms with Crippen LogP contribution < -0.4 is 5.32 Å². The molecule has 0 spiro atoms. The number of carbonyl (C=O) groups is 1. The van der Waals surface area contributed by atoms with Gasteiger partial charge in [-0.05, 0) is 47.0 Å². The van der Waals surface area contributed by atoms with Crippen molar-refractivity contribution in [1.29, 1.82) is 0 Å². The van der Waals surface area contributed by atoms with E-state index in [0.29, 0.717) is 6.54 Å². The van der Waals surface area contributed by atoms with Crippen molar-refractivity contribution in [2.24, 2.45) is 0 Å². The quantitative estimate of drug-likeness (QED) is 0.791. The van der Waals surface area contributed by atoms with Gasteiger partial charge in [0.25, 0.3) is 0 Å². The van der Waals surface area contributed by atoms with Crippen LogP contribution in [0.3, 0.4) is 0 Å². The van der Waals surface area contributed by atoms with Crippen LogP contribution in [0.5, 0.6) is 0 Å². The topological polar surface area (TPSA) is 47.6 Å². The largest absolute Gasteiger partial charge is 0.453 e. The van der Waals surface area contributed by atoms with Crippen LogP contribution in [-0.4, -0.2) is 35.6 Å². The maximum Gasteiger partial charge on any atom is 0.407 e. The van der Waals surface area contributed by atoms with E-state index in [-0.39, 0.29) is 6.09 Å². The van der Waals surface area contributed by atoms with Crippen molar-refractivity contribution in [3.8, 4) is 0 Å². The Balaban J connectivity index is 3.87. The molecular weight excluding hydrogens is 262 g/mol. The summed E-state index contributed by atoms with van der Waals surface area (Å²) < 4.78 is 11.1. The Bertz CT molecular complexity index is 293. The van der Waals surface area contributed by atoms with Gasteiger partial charge in [-0.2, -0.15) is 0 Å². The molecule has 18 heavy (non-hydrogen) atoms. The van der Waals surface area contributed by atoms with Crippen molar-refractivity contribution in [1.82, 2.24) is 5.32 Å². The number of nitrogens with one attached hydrogen (secondary N) is 1. The van der Waals surface area contributed by atoms with Gasteiger partial charge in [-0.3, -0.25) is 0 Å². The summed E-state index contributed by atoms with van der Waals surface area (Å²) >= 11 is 0. The molecule has 1 N–H and O–H groups in total. The summed E-state index contributed by atoms with van der Waals surface area (Å²) in [5, 5.41) is 2.68. The molecule has 4 nitrogen and oxygen atoms in total. The van der Waals surface area contributed by atoms with Crippen molar-refractivity contribution in [2.75, 3.05) is 6.54 Å². The van der Waals surface area contributed by atoms with E-state index in [4.69, 9.17) is 8.85 Å². The zero-order chi connectivity index (χ0) is 14.4. The summed E-state index contributed by atoms with van der Waals surface area (Å²) in [5.74, 6) is 0. The molecule has 0 aromatic carbocycles. The zero-order valence-electron chi connectivity index (χ0n) is 12.6. The lowest BCUT2D eigenvalue weighted by Crippen LogP contribution is -2.33. The van der Waals surface area contributed by atoms with Gasteiger partial charge in [0, 0.05) is 6.54 Å². The fourth-order valence-corrected chi connectivity index (χ4v) is 5.78. The Labute approximate surface area is 114 Å². The Morgan fingerprint density at radius 1 is 1.33 bits per heavy atom. The molecule has 0 atom stereocenters. The molecule has 0 aliphatic carbocycles. The molecule has 0 unspecified atom stereocenters. The number of ether oxygens (including phenoxy) is 1. The van der Waals surface area contributed by atoms with Gasteiger partial charge >= 0.3 is 6.09 Å².